The van der Waals surface area contributed by atoms with Crippen molar-refractivity contribution < 1.29 is 23.7 Å². The van der Waals surface area contributed by atoms with Crippen LogP contribution in [0.1, 0.15) is 37.9 Å². The number of thiazole rings is 1. The molecule has 2 aromatic carbocycles. The molecule has 8 nitrogen and oxygen atoms in total. The Kier molecular flexibility index (Phi) is 7.59. The average molecular weight is 509 g/mol. The molecule has 1 atom stereocenters. The highest BCUT2D eigenvalue weighted by Gasteiger charge is 2.35. The molecule has 0 spiro atoms. The number of rotatable bonds is 8. The Balaban J connectivity index is 2.00. The van der Waals surface area contributed by atoms with E-state index >= 15 is 0 Å². The Hall–Kier alpha value is -3.85. The molecule has 0 radical (unpaired) electrons. The summed E-state index contributed by atoms with van der Waals surface area (Å²) in [6.45, 7) is 6.02. The van der Waals surface area contributed by atoms with E-state index in [1.165, 1.54) is 11.3 Å². The monoisotopic (exact) mass is 508 g/mol. The molecule has 0 bridgehead atoms. The number of ether oxygens (including phenoxy) is 4. The molecule has 0 saturated carbocycles. The molecule has 36 heavy (non-hydrogen) atoms. The zero-order valence-corrected chi connectivity index (χ0v) is 21.7. The molecule has 0 aliphatic carbocycles. The van der Waals surface area contributed by atoms with Crippen LogP contribution in [-0.4, -0.2) is 38.0 Å². The number of benzene rings is 2. The number of hydrogen-bond acceptors (Lipinski definition) is 8. The van der Waals surface area contributed by atoms with E-state index in [2.05, 4.69) is 4.99 Å². The normalized spacial score (nSPS) is 15.2. The minimum Gasteiger partial charge on any atom is -0.497 e. The first kappa shape index (κ1) is 25.2. The fraction of sp³-hybridized carbons (Fsp3) is 0.296. The third kappa shape index (κ3) is 4.66. The molecule has 0 saturated heterocycles. The summed E-state index contributed by atoms with van der Waals surface area (Å²) in [6.07, 6.45) is 1.75. The van der Waals surface area contributed by atoms with Gasteiger partial charge in [0.25, 0.3) is 5.56 Å². The zero-order valence-electron chi connectivity index (χ0n) is 20.9. The maximum absolute atomic E-state index is 13.9. The topological polar surface area (TPSA) is 88.4 Å². The summed E-state index contributed by atoms with van der Waals surface area (Å²) < 4.78 is 24.1. The largest absolute Gasteiger partial charge is 0.497 e. The molecular formula is C27H28N2O6S. The second-order valence-electron chi connectivity index (χ2n) is 7.88. The Bertz CT molecular complexity index is 1500. The van der Waals surface area contributed by atoms with E-state index in [9.17, 15) is 9.59 Å². The molecule has 0 N–H and O–H groups in total. The van der Waals surface area contributed by atoms with Crippen LogP contribution in [0.15, 0.2) is 63.5 Å². The molecule has 4 rings (SSSR count). The van der Waals surface area contributed by atoms with Gasteiger partial charge >= 0.3 is 5.97 Å². The van der Waals surface area contributed by atoms with Crippen LogP contribution in [0, 0.1) is 0 Å². The van der Waals surface area contributed by atoms with Gasteiger partial charge in [-0.3, -0.25) is 9.36 Å². The predicted molar refractivity (Wildman–Crippen MR) is 138 cm³/mol. The molecule has 188 valence electrons. The van der Waals surface area contributed by atoms with Crippen molar-refractivity contribution in [2.24, 2.45) is 4.99 Å². The number of allylic oxidation sites excluding steroid dienone is 1. The lowest BCUT2D eigenvalue weighted by molar-refractivity contribution is -0.139. The van der Waals surface area contributed by atoms with Gasteiger partial charge in [-0.25, -0.2) is 9.79 Å². The molecule has 0 amide bonds. The van der Waals surface area contributed by atoms with Gasteiger partial charge in [-0.2, -0.15) is 0 Å². The molecule has 9 heteroatoms. The first-order valence-corrected chi connectivity index (χ1v) is 12.4. The van der Waals surface area contributed by atoms with Crippen molar-refractivity contribution in [1.82, 2.24) is 4.57 Å². The molecule has 0 fully saturated rings. The van der Waals surface area contributed by atoms with Crippen LogP contribution < -0.4 is 29.1 Å². The summed E-state index contributed by atoms with van der Waals surface area (Å²) in [5.74, 6) is 1.31. The van der Waals surface area contributed by atoms with Crippen molar-refractivity contribution in [1.29, 1.82) is 0 Å². The van der Waals surface area contributed by atoms with Gasteiger partial charge in [0.1, 0.15) is 23.3 Å². The summed E-state index contributed by atoms with van der Waals surface area (Å²) in [4.78, 5) is 32.1. The average Bonchev–Trinajstić information content (AvgIpc) is 3.18. The number of carbonyl (C=O) groups is 1. The van der Waals surface area contributed by atoms with Crippen molar-refractivity contribution >= 4 is 23.4 Å². The number of nitrogens with zero attached hydrogens (tertiary/aromatic N) is 2. The fourth-order valence-corrected chi connectivity index (χ4v) is 5.21. The van der Waals surface area contributed by atoms with Crippen LogP contribution in [-0.2, 0) is 9.53 Å². The minimum atomic E-state index is -0.752. The van der Waals surface area contributed by atoms with Gasteiger partial charge in [-0.05, 0) is 51.1 Å². The fourth-order valence-electron chi connectivity index (χ4n) is 4.17. The highest BCUT2D eigenvalue weighted by atomic mass is 32.1. The number of methoxy groups -OCH3 is 2. The van der Waals surface area contributed by atoms with E-state index in [4.69, 9.17) is 18.9 Å². The van der Waals surface area contributed by atoms with E-state index in [0.29, 0.717) is 55.6 Å². The van der Waals surface area contributed by atoms with Crippen LogP contribution in [0.4, 0.5) is 0 Å². The Morgan fingerprint density at radius 3 is 2.56 bits per heavy atom. The standard InChI is InChI=1S/C27H28N2O6S/c1-6-34-21-11-9-8-10-19(21)24-23(26(31)35-7-2)16(3)28-27-29(24)25(30)22(36-27)15-17-14-18(32-4)12-13-20(17)33-5/h8-15,24H,6-7H2,1-5H3/b22-15-. The van der Waals surface area contributed by atoms with Gasteiger partial charge in [0.15, 0.2) is 4.80 Å². The first-order chi connectivity index (χ1) is 17.4. The molecule has 1 aliphatic heterocycles. The number of para-hydroxylation sites is 1. The number of carbonyl (C=O) groups excluding carboxylic acids is 1. The lowest BCUT2D eigenvalue weighted by Gasteiger charge is -2.26. The SMILES string of the molecule is CCOC(=O)C1=C(C)N=c2s/c(=C\c3cc(OC)ccc3OC)c(=O)n2C1c1ccccc1OCC. The lowest BCUT2D eigenvalue weighted by Crippen LogP contribution is -2.40. The molecule has 3 aromatic rings. The van der Waals surface area contributed by atoms with E-state index in [1.54, 1.807) is 56.9 Å². The lowest BCUT2D eigenvalue weighted by atomic mass is 9.95. The first-order valence-electron chi connectivity index (χ1n) is 11.6. The Labute approximate surface area is 212 Å². The van der Waals surface area contributed by atoms with Crippen molar-refractivity contribution in [3.05, 3.63) is 84.5 Å². The number of hydrogen-bond donors (Lipinski definition) is 0. The second-order valence-corrected chi connectivity index (χ2v) is 8.89. The van der Waals surface area contributed by atoms with Gasteiger partial charge < -0.3 is 18.9 Å². The van der Waals surface area contributed by atoms with Crippen LogP contribution in [0.25, 0.3) is 6.08 Å². The third-order valence-corrected chi connectivity index (χ3v) is 6.74. The summed E-state index contributed by atoms with van der Waals surface area (Å²) in [5.41, 5.74) is 1.89. The van der Waals surface area contributed by atoms with Crippen molar-refractivity contribution in [3.63, 3.8) is 0 Å². The van der Waals surface area contributed by atoms with E-state index in [-0.39, 0.29) is 12.2 Å². The highest BCUT2D eigenvalue weighted by Crippen LogP contribution is 2.36. The summed E-state index contributed by atoms with van der Waals surface area (Å²) in [7, 11) is 3.15. The Morgan fingerprint density at radius 1 is 1.08 bits per heavy atom. The van der Waals surface area contributed by atoms with Gasteiger partial charge in [0, 0.05) is 11.1 Å². The summed E-state index contributed by atoms with van der Waals surface area (Å²) in [5, 5.41) is 0. The summed E-state index contributed by atoms with van der Waals surface area (Å²) >= 11 is 1.24. The van der Waals surface area contributed by atoms with Crippen molar-refractivity contribution in [2.75, 3.05) is 27.4 Å². The van der Waals surface area contributed by atoms with Gasteiger partial charge in [0.2, 0.25) is 0 Å². The molecule has 1 aromatic heterocycles. The quantitative estimate of drug-likeness (QED) is 0.434. The van der Waals surface area contributed by atoms with E-state index in [0.717, 1.165) is 0 Å². The molecule has 1 aliphatic rings. The Morgan fingerprint density at radius 2 is 1.86 bits per heavy atom. The van der Waals surface area contributed by atoms with E-state index < -0.39 is 12.0 Å². The zero-order chi connectivity index (χ0) is 25.8. The van der Waals surface area contributed by atoms with Crippen LogP contribution in [0.5, 0.6) is 17.2 Å². The predicted octanol–water partition coefficient (Wildman–Crippen LogP) is 3.21. The van der Waals surface area contributed by atoms with Gasteiger partial charge in [-0.1, -0.05) is 29.5 Å². The third-order valence-electron chi connectivity index (χ3n) is 5.75. The maximum Gasteiger partial charge on any atom is 0.338 e. The van der Waals surface area contributed by atoms with Crippen LogP contribution in [0.2, 0.25) is 0 Å². The molecular weight excluding hydrogens is 480 g/mol. The van der Waals surface area contributed by atoms with E-state index in [1.807, 2.05) is 31.2 Å². The molecule has 2 heterocycles. The number of fused-ring (bicyclic) bond motifs is 1. The van der Waals surface area contributed by atoms with Crippen LogP contribution >= 0.6 is 11.3 Å². The molecule has 1 unspecified atom stereocenters. The van der Waals surface area contributed by atoms with Crippen molar-refractivity contribution in [2.45, 2.75) is 26.8 Å². The van der Waals surface area contributed by atoms with Crippen molar-refractivity contribution in [3.8, 4) is 17.2 Å². The second kappa shape index (κ2) is 10.8. The van der Waals surface area contributed by atoms with Gasteiger partial charge in [0.05, 0.1) is 43.2 Å². The smallest absolute Gasteiger partial charge is 0.338 e. The highest BCUT2D eigenvalue weighted by molar-refractivity contribution is 7.07. The number of esters is 1. The van der Waals surface area contributed by atoms with Gasteiger partial charge in [-0.15, -0.1) is 0 Å². The maximum atomic E-state index is 13.9. The summed E-state index contributed by atoms with van der Waals surface area (Å²) in [6, 6.07) is 12.0. The number of aromatic nitrogens is 1. The van der Waals surface area contributed by atoms with Crippen LogP contribution in [0.3, 0.4) is 0 Å². The minimum absolute atomic E-state index is 0.204.